The molecule has 2 rings (SSSR count). The van der Waals surface area contributed by atoms with Crippen LogP contribution in [0, 0.1) is 0 Å². The van der Waals surface area contributed by atoms with E-state index >= 15 is 0 Å². The van der Waals surface area contributed by atoms with E-state index in [-0.39, 0.29) is 5.56 Å². The third-order valence-corrected chi connectivity index (χ3v) is 2.39. The Balaban J connectivity index is 2.71. The van der Waals surface area contributed by atoms with Gasteiger partial charge in [-0.05, 0) is 18.2 Å². The molecule has 2 N–H and O–H groups in total. The number of nitrogens with two attached hydrogens (primary N) is 1. The Hall–Kier alpha value is -1.39. The van der Waals surface area contributed by atoms with Crippen LogP contribution in [0.25, 0.3) is 10.9 Å². The number of benzene rings is 1. The largest absolute Gasteiger partial charge is 0.329 e. The van der Waals surface area contributed by atoms with E-state index in [0.29, 0.717) is 29.0 Å². The van der Waals surface area contributed by atoms with Crippen molar-refractivity contribution in [3.05, 3.63) is 39.9 Å². The van der Waals surface area contributed by atoms with E-state index in [4.69, 9.17) is 17.3 Å². The van der Waals surface area contributed by atoms with Crippen LogP contribution in [0.15, 0.2) is 29.3 Å². The molecule has 1 aromatic heterocycles. The second-order valence-corrected chi connectivity index (χ2v) is 3.63. The molecule has 78 valence electrons. The molecule has 0 aliphatic rings. The summed E-state index contributed by atoms with van der Waals surface area (Å²) in [6.45, 7) is 0.877. The van der Waals surface area contributed by atoms with Gasteiger partial charge in [-0.1, -0.05) is 11.6 Å². The molecular formula is C10H10ClN3O. The second-order valence-electron chi connectivity index (χ2n) is 3.19. The van der Waals surface area contributed by atoms with Crippen molar-refractivity contribution in [2.24, 2.45) is 5.73 Å². The highest BCUT2D eigenvalue weighted by Crippen LogP contribution is 2.13. The van der Waals surface area contributed by atoms with Gasteiger partial charge in [-0.2, -0.15) is 0 Å². The number of hydrogen-bond donors (Lipinski definition) is 1. The molecule has 0 saturated carbocycles. The number of fused-ring (bicyclic) bond motifs is 1. The first-order valence-electron chi connectivity index (χ1n) is 4.57. The number of nitrogens with zero attached hydrogens (tertiary/aromatic N) is 2. The summed E-state index contributed by atoms with van der Waals surface area (Å²) in [6, 6.07) is 5.06. The summed E-state index contributed by atoms with van der Waals surface area (Å²) in [5, 5.41) is 1.06. The zero-order valence-corrected chi connectivity index (χ0v) is 8.74. The van der Waals surface area contributed by atoms with Gasteiger partial charge < -0.3 is 5.73 Å². The first kappa shape index (κ1) is 10.1. The standard InChI is InChI=1S/C10H10ClN3O/c11-7-1-2-9-8(5-7)10(15)14(4-3-12)6-13-9/h1-2,5-6H,3-4,12H2. The zero-order chi connectivity index (χ0) is 10.8. The van der Waals surface area contributed by atoms with Crippen LogP contribution < -0.4 is 11.3 Å². The molecule has 1 aromatic carbocycles. The van der Waals surface area contributed by atoms with Crippen molar-refractivity contribution in [1.29, 1.82) is 0 Å². The molecule has 0 amide bonds. The number of aromatic nitrogens is 2. The van der Waals surface area contributed by atoms with Gasteiger partial charge in [0.2, 0.25) is 0 Å². The Labute approximate surface area is 91.3 Å². The molecule has 15 heavy (non-hydrogen) atoms. The lowest BCUT2D eigenvalue weighted by Crippen LogP contribution is -2.24. The van der Waals surface area contributed by atoms with Crippen LogP contribution in [-0.2, 0) is 6.54 Å². The molecule has 0 saturated heterocycles. The van der Waals surface area contributed by atoms with Crippen molar-refractivity contribution in [1.82, 2.24) is 9.55 Å². The Morgan fingerprint density at radius 1 is 1.47 bits per heavy atom. The topological polar surface area (TPSA) is 60.9 Å². The van der Waals surface area contributed by atoms with Crippen LogP contribution in [0.5, 0.6) is 0 Å². The minimum absolute atomic E-state index is 0.104. The third-order valence-electron chi connectivity index (χ3n) is 2.16. The molecule has 4 nitrogen and oxygen atoms in total. The van der Waals surface area contributed by atoms with Gasteiger partial charge in [-0.25, -0.2) is 4.98 Å². The molecule has 0 atom stereocenters. The normalized spacial score (nSPS) is 10.8. The van der Waals surface area contributed by atoms with Gasteiger partial charge in [0.05, 0.1) is 17.2 Å². The molecule has 0 aliphatic heterocycles. The van der Waals surface area contributed by atoms with Gasteiger partial charge in [-0.3, -0.25) is 9.36 Å². The van der Waals surface area contributed by atoms with E-state index in [1.165, 1.54) is 10.9 Å². The van der Waals surface area contributed by atoms with E-state index in [9.17, 15) is 4.79 Å². The smallest absolute Gasteiger partial charge is 0.261 e. The summed E-state index contributed by atoms with van der Waals surface area (Å²) in [7, 11) is 0. The average molecular weight is 224 g/mol. The lowest BCUT2D eigenvalue weighted by molar-refractivity contribution is 0.673. The molecule has 0 unspecified atom stereocenters. The quantitative estimate of drug-likeness (QED) is 0.827. The first-order valence-corrected chi connectivity index (χ1v) is 4.95. The number of rotatable bonds is 2. The summed E-state index contributed by atoms with van der Waals surface area (Å²) in [6.07, 6.45) is 1.51. The Morgan fingerprint density at radius 2 is 2.27 bits per heavy atom. The number of hydrogen-bond acceptors (Lipinski definition) is 3. The highest BCUT2D eigenvalue weighted by molar-refractivity contribution is 6.31. The van der Waals surface area contributed by atoms with Crippen LogP contribution >= 0.6 is 11.6 Å². The zero-order valence-electron chi connectivity index (χ0n) is 7.98. The predicted molar refractivity (Wildman–Crippen MR) is 60.1 cm³/mol. The summed E-state index contributed by atoms with van der Waals surface area (Å²) in [5.74, 6) is 0. The molecule has 0 fully saturated rings. The number of halogens is 1. The van der Waals surface area contributed by atoms with Crippen molar-refractivity contribution in [2.45, 2.75) is 6.54 Å². The van der Waals surface area contributed by atoms with Gasteiger partial charge in [0.1, 0.15) is 0 Å². The summed E-state index contributed by atoms with van der Waals surface area (Å²) in [5.41, 5.74) is 5.94. The fourth-order valence-corrected chi connectivity index (χ4v) is 1.60. The fraction of sp³-hybridized carbons (Fsp3) is 0.200. The Morgan fingerprint density at radius 3 is 3.00 bits per heavy atom. The second kappa shape index (κ2) is 4.00. The van der Waals surface area contributed by atoms with Gasteiger partial charge in [0, 0.05) is 18.1 Å². The van der Waals surface area contributed by atoms with Gasteiger partial charge in [0.25, 0.3) is 5.56 Å². The first-order chi connectivity index (χ1) is 7.22. The van der Waals surface area contributed by atoms with E-state index in [1.54, 1.807) is 18.2 Å². The van der Waals surface area contributed by atoms with Crippen LogP contribution in [0.2, 0.25) is 5.02 Å². The van der Waals surface area contributed by atoms with Crippen LogP contribution in [0.1, 0.15) is 0 Å². The maximum atomic E-state index is 11.9. The van der Waals surface area contributed by atoms with Crippen LogP contribution in [0.3, 0.4) is 0 Å². The summed E-state index contributed by atoms with van der Waals surface area (Å²) >= 11 is 5.82. The molecule has 0 spiro atoms. The Bertz CT molecular complexity index is 550. The van der Waals surface area contributed by atoms with Gasteiger partial charge in [-0.15, -0.1) is 0 Å². The maximum Gasteiger partial charge on any atom is 0.261 e. The van der Waals surface area contributed by atoms with E-state index in [2.05, 4.69) is 4.98 Å². The molecule has 0 bridgehead atoms. The van der Waals surface area contributed by atoms with E-state index < -0.39 is 0 Å². The average Bonchev–Trinajstić information content (AvgIpc) is 2.23. The molecule has 1 heterocycles. The molecular weight excluding hydrogens is 214 g/mol. The lowest BCUT2D eigenvalue weighted by Gasteiger charge is -2.04. The summed E-state index contributed by atoms with van der Waals surface area (Å²) < 4.78 is 1.48. The fourth-order valence-electron chi connectivity index (χ4n) is 1.43. The minimum atomic E-state index is -0.104. The molecule has 2 aromatic rings. The SMILES string of the molecule is NCCn1cnc2ccc(Cl)cc2c1=O. The lowest BCUT2D eigenvalue weighted by atomic mass is 10.2. The van der Waals surface area contributed by atoms with Gasteiger partial charge >= 0.3 is 0 Å². The van der Waals surface area contributed by atoms with Crippen molar-refractivity contribution >= 4 is 22.5 Å². The molecule has 5 heteroatoms. The summed E-state index contributed by atoms with van der Waals surface area (Å²) in [4.78, 5) is 16.0. The van der Waals surface area contributed by atoms with Crippen LogP contribution in [-0.4, -0.2) is 16.1 Å². The monoisotopic (exact) mass is 223 g/mol. The van der Waals surface area contributed by atoms with Crippen molar-refractivity contribution < 1.29 is 0 Å². The molecule has 0 radical (unpaired) electrons. The van der Waals surface area contributed by atoms with Crippen LogP contribution in [0.4, 0.5) is 0 Å². The minimum Gasteiger partial charge on any atom is -0.329 e. The van der Waals surface area contributed by atoms with E-state index in [1.807, 2.05) is 0 Å². The van der Waals surface area contributed by atoms with Crippen molar-refractivity contribution in [2.75, 3.05) is 6.54 Å². The maximum absolute atomic E-state index is 11.9. The highest BCUT2D eigenvalue weighted by Gasteiger charge is 2.03. The van der Waals surface area contributed by atoms with E-state index in [0.717, 1.165) is 0 Å². The third kappa shape index (κ3) is 1.86. The van der Waals surface area contributed by atoms with Crippen molar-refractivity contribution in [3.63, 3.8) is 0 Å². The predicted octanol–water partition coefficient (Wildman–Crippen LogP) is 1.01. The van der Waals surface area contributed by atoms with Crippen molar-refractivity contribution in [3.8, 4) is 0 Å². The van der Waals surface area contributed by atoms with Gasteiger partial charge in [0.15, 0.2) is 0 Å². The Kier molecular flexibility index (Phi) is 2.70. The highest BCUT2D eigenvalue weighted by atomic mass is 35.5. The molecule has 0 aliphatic carbocycles.